The number of non-ortho nitro benzene ring substituents is 1. The second-order valence-electron chi connectivity index (χ2n) is 6.74. The molecule has 0 aliphatic carbocycles. The van der Waals surface area contributed by atoms with E-state index in [9.17, 15) is 15.2 Å². The fourth-order valence-corrected chi connectivity index (χ4v) is 3.35. The molecule has 1 saturated heterocycles. The van der Waals surface area contributed by atoms with Gasteiger partial charge in [-0.3, -0.25) is 15.1 Å². The van der Waals surface area contributed by atoms with Gasteiger partial charge in [-0.05, 0) is 31.9 Å². The first-order valence-corrected chi connectivity index (χ1v) is 7.83. The Bertz CT molecular complexity index is 762. The highest BCUT2D eigenvalue weighted by Gasteiger charge is 2.31. The van der Waals surface area contributed by atoms with Gasteiger partial charge in [0, 0.05) is 47.4 Å². The van der Waals surface area contributed by atoms with E-state index in [1.54, 1.807) is 12.1 Å². The SMILES string of the molecule is Cc1cc(N2CCCC(C)(CO)C2)c2cc([N+](=O)[O-])ccc2n1. The Morgan fingerprint density at radius 1 is 1.43 bits per heavy atom. The van der Waals surface area contributed by atoms with Gasteiger partial charge >= 0.3 is 0 Å². The Kier molecular flexibility index (Phi) is 3.93. The maximum Gasteiger partial charge on any atom is 0.270 e. The first-order chi connectivity index (χ1) is 10.9. The zero-order valence-corrected chi connectivity index (χ0v) is 13.5. The first-order valence-electron chi connectivity index (χ1n) is 7.83. The number of aryl methyl sites for hydroxylation is 1. The Morgan fingerprint density at radius 2 is 2.22 bits per heavy atom. The number of aliphatic hydroxyl groups excluding tert-OH is 1. The summed E-state index contributed by atoms with van der Waals surface area (Å²) < 4.78 is 0. The number of hydrogen-bond acceptors (Lipinski definition) is 5. The number of benzene rings is 1. The molecule has 122 valence electrons. The van der Waals surface area contributed by atoms with Gasteiger partial charge < -0.3 is 10.0 Å². The third-order valence-electron chi connectivity index (χ3n) is 4.61. The van der Waals surface area contributed by atoms with Crippen LogP contribution in [0.3, 0.4) is 0 Å². The van der Waals surface area contributed by atoms with E-state index in [0.717, 1.165) is 48.2 Å². The highest BCUT2D eigenvalue weighted by molar-refractivity contribution is 5.93. The van der Waals surface area contributed by atoms with E-state index >= 15 is 0 Å². The van der Waals surface area contributed by atoms with Crippen molar-refractivity contribution >= 4 is 22.3 Å². The van der Waals surface area contributed by atoms with Gasteiger partial charge in [-0.25, -0.2) is 0 Å². The van der Waals surface area contributed by atoms with Crippen molar-refractivity contribution < 1.29 is 10.0 Å². The number of pyridine rings is 1. The molecule has 0 bridgehead atoms. The number of hydrogen-bond donors (Lipinski definition) is 1. The van der Waals surface area contributed by atoms with Crippen LogP contribution in [0.15, 0.2) is 24.3 Å². The van der Waals surface area contributed by atoms with Crippen LogP contribution in [0.5, 0.6) is 0 Å². The quantitative estimate of drug-likeness (QED) is 0.695. The number of aliphatic hydroxyl groups is 1. The van der Waals surface area contributed by atoms with Crippen LogP contribution in [0.4, 0.5) is 11.4 Å². The Morgan fingerprint density at radius 3 is 2.91 bits per heavy atom. The molecule has 6 heteroatoms. The van der Waals surface area contributed by atoms with E-state index in [1.807, 2.05) is 13.0 Å². The van der Waals surface area contributed by atoms with Crippen LogP contribution in [0, 0.1) is 22.5 Å². The second kappa shape index (κ2) is 5.77. The second-order valence-corrected chi connectivity index (χ2v) is 6.74. The van der Waals surface area contributed by atoms with E-state index in [4.69, 9.17) is 0 Å². The van der Waals surface area contributed by atoms with Crippen LogP contribution in [0.1, 0.15) is 25.5 Å². The minimum absolute atomic E-state index is 0.0753. The van der Waals surface area contributed by atoms with Gasteiger partial charge in [0.05, 0.1) is 17.0 Å². The summed E-state index contributed by atoms with van der Waals surface area (Å²) in [5.41, 5.74) is 2.56. The number of anilines is 1. The van der Waals surface area contributed by atoms with Crippen LogP contribution in [-0.4, -0.2) is 34.7 Å². The smallest absolute Gasteiger partial charge is 0.270 e. The topological polar surface area (TPSA) is 79.5 Å². The van der Waals surface area contributed by atoms with Crippen molar-refractivity contribution in [2.45, 2.75) is 26.7 Å². The number of nitrogens with zero attached hydrogens (tertiary/aromatic N) is 3. The monoisotopic (exact) mass is 315 g/mol. The predicted octanol–water partition coefficient (Wildman–Crippen LogP) is 3.05. The van der Waals surface area contributed by atoms with Crippen molar-refractivity contribution in [1.29, 1.82) is 0 Å². The summed E-state index contributed by atoms with van der Waals surface area (Å²) in [7, 11) is 0. The van der Waals surface area contributed by atoms with E-state index in [2.05, 4.69) is 16.8 Å². The highest BCUT2D eigenvalue weighted by Crippen LogP contribution is 2.36. The lowest BCUT2D eigenvalue weighted by Crippen LogP contribution is -2.43. The van der Waals surface area contributed by atoms with Crippen LogP contribution in [0.25, 0.3) is 10.9 Å². The maximum atomic E-state index is 11.1. The van der Waals surface area contributed by atoms with E-state index in [1.165, 1.54) is 6.07 Å². The summed E-state index contributed by atoms with van der Waals surface area (Å²) >= 11 is 0. The van der Waals surface area contributed by atoms with Crippen LogP contribution in [-0.2, 0) is 0 Å². The van der Waals surface area contributed by atoms with Gasteiger partial charge in [0.2, 0.25) is 0 Å². The molecule has 2 aromatic rings. The van der Waals surface area contributed by atoms with Gasteiger partial charge in [-0.15, -0.1) is 0 Å². The molecule has 1 unspecified atom stereocenters. The molecule has 0 spiro atoms. The molecule has 1 N–H and O–H groups in total. The number of nitro benzene ring substituents is 1. The first kappa shape index (κ1) is 15.7. The molecule has 1 aliphatic rings. The predicted molar refractivity (Wildman–Crippen MR) is 89.8 cm³/mol. The standard InChI is InChI=1S/C17H21N3O3/c1-12-8-16(19-7-3-6-17(2,10-19)11-21)14-9-13(20(22)23)4-5-15(14)18-12/h4-5,8-9,21H,3,6-7,10-11H2,1-2H3. The van der Waals surface area contributed by atoms with Crippen molar-refractivity contribution in [3.8, 4) is 0 Å². The van der Waals surface area contributed by atoms with Crippen LogP contribution < -0.4 is 4.90 Å². The average molecular weight is 315 g/mol. The Hall–Kier alpha value is -2.21. The normalized spacial score (nSPS) is 21.6. The lowest BCUT2D eigenvalue weighted by molar-refractivity contribution is -0.384. The minimum Gasteiger partial charge on any atom is -0.396 e. The molecular weight excluding hydrogens is 294 g/mol. The molecule has 1 aromatic carbocycles. The van der Waals surface area contributed by atoms with Gasteiger partial charge in [0.25, 0.3) is 5.69 Å². The van der Waals surface area contributed by atoms with Crippen molar-refractivity contribution in [1.82, 2.24) is 4.98 Å². The van der Waals surface area contributed by atoms with E-state index < -0.39 is 0 Å². The van der Waals surface area contributed by atoms with Crippen molar-refractivity contribution in [3.05, 3.63) is 40.1 Å². The van der Waals surface area contributed by atoms with Crippen LogP contribution in [0.2, 0.25) is 0 Å². The molecule has 3 rings (SSSR count). The molecule has 1 aromatic heterocycles. The number of piperidine rings is 1. The molecule has 1 fully saturated rings. The lowest BCUT2D eigenvalue weighted by Gasteiger charge is -2.41. The van der Waals surface area contributed by atoms with Crippen molar-refractivity contribution in [2.24, 2.45) is 5.41 Å². The molecular formula is C17H21N3O3. The fourth-order valence-electron chi connectivity index (χ4n) is 3.35. The summed E-state index contributed by atoms with van der Waals surface area (Å²) in [6.07, 6.45) is 1.98. The minimum atomic E-state index is -0.378. The molecule has 0 saturated carbocycles. The third-order valence-corrected chi connectivity index (χ3v) is 4.61. The van der Waals surface area contributed by atoms with Gasteiger partial charge in [0.1, 0.15) is 0 Å². The highest BCUT2D eigenvalue weighted by atomic mass is 16.6. The molecule has 1 aliphatic heterocycles. The maximum absolute atomic E-state index is 11.1. The lowest BCUT2D eigenvalue weighted by atomic mass is 9.82. The summed E-state index contributed by atoms with van der Waals surface area (Å²) in [5.74, 6) is 0. The molecule has 2 heterocycles. The van der Waals surface area contributed by atoms with Gasteiger partial charge in [-0.2, -0.15) is 0 Å². The zero-order valence-electron chi connectivity index (χ0n) is 13.5. The molecule has 1 atom stereocenters. The van der Waals surface area contributed by atoms with E-state index in [-0.39, 0.29) is 22.6 Å². The zero-order chi connectivity index (χ0) is 16.6. The fraction of sp³-hybridized carbons (Fsp3) is 0.471. The largest absolute Gasteiger partial charge is 0.396 e. The van der Waals surface area contributed by atoms with Gasteiger partial charge in [-0.1, -0.05) is 6.92 Å². The Labute approximate surface area is 134 Å². The summed E-state index contributed by atoms with van der Waals surface area (Å²) in [6.45, 7) is 5.78. The summed E-state index contributed by atoms with van der Waals surface area (Å²) in [4.78, 5) is 17.4. The summed E-state index contributed by atoms with van der Waals surface area (Å²) in [6, 6.07) is 6.78. The number of fused-ring (bicyclic) bond motifs is 1. The number of aromatic nitrogens is 1. The van der Waals surface area contributed by atoms with Crippen molar-refractivity contribution in [2.75, 3.05) is 24.6 Å². The average Bonchev–Trinajstić information content (AvgIpc) is 2.53. The summed E-state index contributed by atoms with van der Waals surface area (Å²) in [5, 5.41) is 21.6. The third kappa shape index (κ3) is 2.99. The molecule has 23 heavy (non-hydrogen) atoms. The van der Waals surface area contributed by atoms with Gasteiger partial charge in [0.15, 0.2) is 0 Å². The number of rotatable bonds is 3. The molecule has 0 radical (unpaired) electrons. The number of nitro groups is 1. The van der Waals surface area contributed by atoms with Crippen LogP contribution >= 0.6 is 0 Å². The molecule has 0 amide bonds. The van der Waals surface area contributed by atoms with E-state index in [0.29, 0.717) is 0 Å². The Balaban J connectivity index is 2.11. The van der Waals surface area contributed by atoms with Crippen molar-refractivity contribution in [3.63, 3.8) is 0 Å². The molecule has 6 nitrogen and oxygen atoms in total.